The normalized spacial score (nSPS) is 19.6. The average molecular weight is 269 g/mol. The lowest BCUT2D eigenvalue weighted by atomic mass is 10.1. The molecule has 1 fully saturated rings. The van der Waals surface area contributed by atoms with E-state index in [1.54, 1.807) is 6.20 Å². The SMILES string of the molecule is CC1CNCCN(c2ccc(-c3cccnc3)nn2)C1. The molecule has 5 nitrogen and oxygen atoms in total. The maximum Gasteiger partial charge on any atom is 0.151 e. The van der Waals surface area contributed by atoms with Crippen molar-refractivity contribution < 1.29 is 0 Å². The molecule has 0 saturated carbocycles. The minimum atomic E-state index is 0.622. The molecule has 5 heteroatoms. The van der Waals surface area contributed by atoms with E-state index in [9.17, 15) is 0 Å². The lowest BCUT2D eigenvalue weighted by molar-refractivity contribution is 0.562. The summed E-state index contributed by atoms with van der Waals surface area (Å²) in [5, 5.41) is 12.1. The summed E-state index contributed by atoms with van der Waals surface area (Å²) in [5.74, 6) is 1.57. The molecule has 0 aromatic carbocycles. The molecular weight excluding hydrogens is 250 g/mol. The molecule has 1 unspecified atom stereocenters. The number of nitrogens with one attached hydrogen (secondary N) is 1. The molecule has 1 aliphatic heterocycles. The van der Waals surface area contributed by atoms with Crippen LogP contribution >= 0.6 is 0 Å². The van der Waals surface area contributed by atoms with Crippen LogP contribution in [-0.2, 0) is 0 Å². The molecule has 1 atom stereocenters. The Bertz CT molecular complexity index is 540. The van der Waals surface area contributed by atoms with Crippen molar-refractivity contribution in [1.29, 1.82) is 0 Å². The van der Waals surface area contributed by atoms with Crippen LogP contribution in [0.25, 0.3) is 11.3 Å². The van der Waals surface area contributed by atoms with Gasteiger partial charge in [-0.1, -0.05) is 6.92 Å². The molecule has 1 saturated heterocycles. The first kappa shape index (κ1) is 13.0. The topological polar surface area (TPSA) is 53.9 Å². The summed E-state index contributed by atoms with van der Waals surface area (Å²) in [6.07, 6.45) is 3.57. The number of rotatable bonds is 2. The van der Waals surface area contributed by atoms with Gasteiger partial charge in [0.15, 0.2) is 5.82 Å². The van der Waals surface area contributed by atoms with E-state index in [1.807, 2.05) is 30.5 Å². The molecule has 0 bridgehead atoms. The van der Waals surface area contributed by atoms with Crippen molar-refractivity contribution in [1.82, 2.24) is 20.5 Å². The predicted octanol–water partition coefficient (Wildman–Crippen LogP) is 1.58. The van der Waals surface area contributed by atoms with Crippen LogP contribution in [0.2, 0.25) is 0 Å². The Morgan fingerprint density at radius 2 is 2.20 bits per heavy atom. The molecule has 104 valence electrons. The maximum absolute atomic E-state index is 4.38. The smallest absolute Gasteiger partial charge is 0.151 e. The summed E-state index contributed by atoms with van der Waals surface area (Å²) in [6, 6.07) is 7.97. The van der Waals surface area contributed by atoms with E-state index in [1.165, 1.54) is 0 Å². The van der Waals surface area contributed by atoms with Gasteiger partial charge >= 0.3 is 0 Å². The van der Waals surface area contributed by atoms with Gasteiger partial charge in [-0.15, -0.1) is 10.2 Å². The summed E-state index contributed by atoms with van der Waals surface area (Å²) < 4.78 is 0. The van der Waals surface area contributed by atoms with Gasteiger partial charge in [0.1, 0.15) is 0 Å². The van der Waals surface area contributed by atoms with Crippen molar-refractivity contribution >= 4 is 5.82 Å². The highest BCUT2D eigenvalue weighted by Gasteiger charge is 2.16. The van der Waals surface area contributed by atoms with E-state index in [-0.39, 0.29) is 0 Å². The minimum Gasteiger partial charge on any atom is -0.354 e. The largest absolute Gasteiger partial charge is 0.354 e. The number of hydrogen-bond donors (Lipinski definition) is 1. The highest BCUT2D eigenvalue weighted by Crippen LogP contribution is 2.18. The van der Waals surface area contributed by atoms with E-state index >= 15 is 0 Å². The molecular formula is C15H19N5. The van der Waals surface area contributed by atoms with Crippen molar-refractivity contribution in [2.24, 2.45) is 5.92 Å². The Kier molecular flexibility index (Phi) is 3.87. The van der Waals surface area contributed by atoms with E-state index < -0.39 is 0 Å². The molecule has 1 aliphatic rings. The zero-order valence-electron chi connectivity index (χ0n) is 11.7. The van der Waals surface area contributed by atoms with Crippen LogP contribution < -0.4 is 10.2 Å². The molecule has 0 aliphatic carbocycles. The summed E-state index contributed by atoms with van der Waals surface area (Å²) >= 11 is 0. The molecule has 3 rings (SSSR count). The fourth-order valence-electron chi connectivity index (χ4n) is 2.46. The second-order valence-electron chi connectivity index (χ2n) is 5.27. The summed E-state index contributed by atoms with van der Waals surface area (Å²) in [5.41, 5.74) is 1.86. The van der Waals surface area contributed by atoms with Crippen LogP contribution in [-0.4, -0.2) is 41.4 Å². The van der Waals surface area contributed by atoms with Crippen molar-refractivity contribution in [2.45, 2.75) is 6.92 Å². The van der Waals surface area contributed by atoms with Gasteiger partial charge in [0.2, 0.25) is 0 Å². The van der Waals surface area contributed by atoms with E-state index in [0.717, 1.165) is 43.3 Å². The van der Waals surface area contributed by atoms with Crippen LogP contribution in [0.15, 0.2) is 36.7 Å². The third kappa shape index (κ3) is 2.93. The molecule has 3 heterocycles. The quantitative estimate of drug-likeness (QED) is 0.897. The number of hydrogen-bond acceptors (Lipinski definition) is 5. The summed E-state index contributed by atoms with van der Waals surface area (Å²) in [6.45, 7) is 6.32. The Balaban J connectivity index is 1.79. The Morgan fingerprint density at radius 1 is 1.25 bits per heavy atom. The monoisotopic (exact) mass is 269 g/mol. The molecule has 0 spiro atoms. The van der Waals surface area contributed by atoms with E-state index in [0.29, 0.717) is 5.92 Å². The lowest BCUT2D eigenvalue weighted by Gasteiger charge is -2.22. The zero-order chi connectivity index (χ0) is 13.8. The third-order valence-electron chi connectivity index (χ3n) is 3.52. The number of nitrogens with zero attached hydrogens (tertiary/aromatic N) is 4. The molecule has 2 aromatic rings. The standard InChI is InChI=1S/C15H19N5/c1-12-9-17-7-8-20(11-12)15-5-4-14(18-19-15)13-3-2-6-16-10-13/h2-6,10,12,17H,7-9,11H2,1H3. The summed E-state index contributed by atoms with van der Waals surface area (Å²) in [7, 11) is 0. The van der Waals surface area contributed by atoms with Gasteiger partial charge in [-0.05, 0) is 36.7 Å². The van der Waals surface area contributed by atoms with E-state index in [2.05, 4.69) is 32.3 Å². The minimum absolute atomic E-state index is 0.622. The predicted molar refractivity (Wildman–Crippen MR) is 79.5 cm³/mol. The van der Waals surface area contributed by atoms with Crippen molar-refractivity contribution in [3.05, 3.63) is 36.7 Å². The molecule has 0 radical (unpaired) electrons. The third-order valence-corrected chi connectivity index (χ3v) is 3.52. The van der Waals surface area contributed by atoms with Crippen LogP contribution in [0.1, 0.15) is 6.92 Å². The molecule has 0 amide bonds. The summed E-state index contributed by atoms with van der Waals surface area (Å²) in [4.78, 5) is 6.41. The van der Waals surface area contributed by atoms with Gasteiger partial charge in [-0.25, -0.2) is 0 Å². The van der Waals surface area contributed by atoms with Crippen molar-refractivity contribution in [2.75, 3.05) is 31.1 Å². The number of pyridine rings is 1. The van der Waals surface area contributed by atoms with Crippen LogP contribution in [0, 0.1) is 5.92 Å². The van der Waals surface area contributed by atoms with E-state index in [4.69, 9.17) is 0 Å². The van der Waals surface area contributed by atoms with Crippen molar-refractivity contribution in [3.8, 4) is 11.3 Å². The number of aromatic nitrogens is 3. The Labute approximate surface area is 119 Å². The van der Waals surface area contributed by atoms with Crippen molar-refractivity contribution in [3.63, 3.8) is 0 Å². The maximum atomic E-state index is 4.38. The molecule has 1 N–H and O–H groups in total. The van der Waals surface area contributed by atoms with Gasteiger partial charge in [0.05, 0.1) is 5.69 Å². The average Bonchev–Trinajstić information content (AvgIpc) is 2.73. The Hall–Kier alpha value is -2.01. The second-order valence-corrected chi connectivity index (χ2v) is 5.27. The van der Waals surface area contributed by atoms with Gasteiger partial charge in [0.25, 0.3) is 0 Å². The zero-order valence-corrected chi connectivity index (χ0v) is 11.7. The van der Waals surface area contributed by atoms with Gasteiger partial charge < -0.3 is 10.2 Å². The first-order chi connectivity index (χ1) is 9.83. The Morgan fingerprint density at radius 3 is 2.95 bits per heavy atom. The van der Waals surface area contributed by atoms with Crippen LogP contribution in [0.5, 0.6) is 0 Å². The highest BCUT2D eigenvalue weighted by atomic mass is 15.3. The second kappa shape index (κ2) is 5.96. The fraction of sp³-hybridized carbons (Fsp3) is 0.400. The molecule has 20 heavy (non-hydrogen) atoms. The lowest BCUT2D eigenvalue weighted by Crippen LogP contribution is -2.30. The van der Waals surface area contributed by atoms with Gasteiger partial charge in [0, 0.05) is 37.6 Å². The van der Waals surface area contributed by atoms with Crippen LogP contribution in [0.4, 0.5) is 5.82 Å². The van der Waals surface area contributed by atoms with Gasteiger partial charge in [-0.2, -0.15) is 0 Å². The fourth-order valence-corrected chi connectivity index (χ4v) is 2.46. The first-order valence-corrected chi connectivity index (χ1v) is 7.03. The number of anilines is 1. The van der Waals surface area contributed by atoms with Gasteiger partial charge in [-0.3, -0.25) is 4.98 Å². The molecule has 2 aromatic heterocycles. The highest BCUT2D eigenvalue weighted by molar-refractivity contribution is 5.58. The first-order valence-electron chi connectivity index (χ1n) is 7.03. The van der Waals surface area contributed by atoms with Crippen LogP contribution in [0.3, 0.4) is 0 Å².